The van der Waals surface area contributed by atoms with Crippen LogP contribution < -0.4 is 4.90 Å². The number of nitrogens with one attached hydrogen (secondary N) is 1. The van der Waals surface area contributed by atoms with Crippen molar-refractivity contribution in [3.63, 3.8) is 0 Å². The van der Waals surface area contributed by atoms with Crippen LogP contribution in [0.15, 0.2) is 91.0 Å². The molecule has 3 amide bonds. The number of urea groups is 1. The number of hydrogen-bond donors (Lipinski definition) is 1. The maximum absolute atomic E-state index is 14.1. The third-order valence-corrected chi connectivity index (χ3v) is 7.41. The molecule has 2 atom stereocenters. The Balaban J connectivity index is 1.44. The number of carbonyl (C=O) groups excluding carboxylic acids is 2. The molecule has 0 bridgehead atoms. The number of rotatable bonds is 2. The second-order valence-corrected chi connectivity index (χ2v) is 9.46. The lowest BCUT2D eigenvalue weighted by molar-refractivity contribution is -0.120. The average molecular weight is 458 g/mol. The van der Waals surface area contributed by atoms with Gasteiger partial charge in [0.15, 0.2) is 0 Å². The quantitative estimate of drug-likeness (QED) is 0.325. The number of nitrogens with zero attached hydrogens (tertiary/aromatic N) is 2. The Hall–Kier alpha value is -4.38. The van der Waals surface area contributed by atoms with Crippen LogP contribution in [0.4, 0.5) is 10.5 Å². The van der Waals surface area contributed by atoms with Gasteiger partial charge >= 0.3 is 6.03 Å². The summed E-state index contributed by atoms with van der Waals surface area (Å²) in [7, 11) is 0. The Morgan fingerprint density at radius 2 is 1.57 bits per heavy atom. The van der Waals surface area contributed by atoms with E-state index in [4.69, 9.17) is 0 Å². The molecule has 0 radical (unpaired) electrons. The van der Waals surface area contributed by atoms with E-state index in [0.717, 1.165) is 44.1 Å². The summed E-state index contributed by atoms with van der Waals surface area (Å²) in [6.07, 6.45) is 0.494. The molecule has 0 saturated carbocycles. The number of aromatic amines is 1. The molecule has 5 nitrogen and oxygen atoms in total. The third-order valence-electron chi connectivity index (χ3n) is 7.41. The van der Waals surface area contributed by atoms with E-state index in [1.54, 1.807) is 4.90 Å². The first-order valence-corrected chi connectivity index (χ1v) is 11.9. The predicted molar refractivity (Wildman–Crippen MR) is 137 cm³/mol. The van der Waals surface area contributed by atoms with Gasteiger partial charge in [-0.3, -0.25) is 9.69 Å². The van der Waals surface area contributed by atoms with Crippen molar-refractivity contribution < 1.29 is 9.59 Å². The highest BCUT2D eigenvalue weighted by Crippen LogP contribution is 2.45. The largest absolute Gasteiger partial charge is 0.356 e. The molecular formula is C30H23N3O2. The van der Waals surface area contributed by atoms with Crippen LogP contribution in [0.2, 0.25) is 0 Å². The number of aromatic nitrogens is 1. The molecule has 0 spiro atoms. The SMILES string of the molecule is Cc1cccc([C@H]2c3[nH]c4ccccc4c3C[C@H]3C(=O)N(c4cccc5ccccc45)C(=O)N23)c1. The third kappa shape index (κ3) is 2.81. The highest BCUT2D eigenvalue weighted by atomic mass is 16.2. The number of hydrogen-bond acceptors (Lipinski definition) is 2. The molecule has 1 N–H and O–H groups in total. The van der Waals surface area contributed by atoms with Crippen molar-refractivity contribution in [2.75, 3.05) is 4.90 Å². The van der Waals surface area contributed by atoms with Crippen molar-refractivity contribution in [1.29, 1.82) is 0 Å². The number of imide groups is 1. The molecule has 1 fully saturated rings. The highest BCUT2D eigenvalue weighted by Gasteiger charge is 2.53. The second-order valence-electron chi connectivity index (χ2n) is 9.46. The van der Waals surface area contributed by atoms with Gasteiger partial charge in [0.25, 0.3) is 5.91 Å². The Morgan fingerprint density at radius 3 is 2.43 bits per heavy atom. The van der Waals surface area contributed by atoms with Crippen molar-refractivity contribution in [3.8, 4) is 0 Å². The van der Waals surface area contributed by atoms with Crippen LogP contribution in [0, 0.1) is 6.92 Å². The van der Waals surface area contributed by atoms with E-state index in [2.05, 4.69) is 36.2 Å². The zero-order valence-electron chi connectivity index (χ0n) is 19.2. The van der Waals surface area contributed by atoms with Crippen molar-refractivity contribution in [2.24, 2.45) is 0 Å². The molecule has 4 aromatic carbocycles. The number of fused-ring (bicyclic) bond motifs is 5. The topological polar surface area (TPSA) is 56.4 Å². The summed E-state index contributed by atoms with van der Waals surface area (Å²) in [5.41, 5.74) is 5.91. The van der Waals surface area contributed by atoms with E-state index in [1.165, 1.54) is 4.90 Å². The number of H-pyrrole nitrogens is 1. The highest BCUT2D eigenvalue weighted by molar-refractivity contribution is 6.24. The zero-order valence-corrected chi connectivity index (χ0v) is 19.2. The van der Waals surface area contributed by atoms with Gasteiger partial charge < -0.3 is 4.98 Å². The Labute approximate surface area is 202 Å². The summed E-state index contributed by atoms with van der Waals surface area (Å²) in [6, 6.07) is 28.9. The van der Waals surface area contributed by atoms with E-state index in [9.17, 15) is 9.59 Å². The Kier molecular flexibility index (Phi) is 4.18. The zero-order chi connectivity index (χ0) is 23.7. The summed E-state index contributed by atoms with van der Waals surface area (Å²) >= 11 is 0. The van der Waals surface area contributed by atoms with Gasteiger partial charge in [0.2, 0.25) is 0 Å². The molecule has 1 aromatic heterocycles. The van der Waals surface area contributed by atoms with Crippen LogP contribution in [0.5, 0.6) is 0 Å². The van der Waals surface area contributed by atoms with Gasteiger partial charge in [-0.1, -0.05) is 84.4 Å². The van der Waals surface area contributed by atoms with Gasteiger partial charge in [-0.15, -0.1) is 0 Å². The fraction of sp³-hybridized carbons (Fsp3) is 0.133. The summed E-state index contributed by atoms with van der Waals surface area (Å²) in [5.74, 6) is -0.167. The molecule has 5 aromatic rings. The molecule has 35 heavy (non-hydrogen) atoms. The minimum atomic E-state index is -0.557. The molecule has 7 rings (SSSR count). The fourth-order valence-corrected chi connectivity index (χ4v) is 5.89. The normalized spacial score (nSPS) is 19.5. The molecule has 2 aliphatic heterocycles. The first-order chi connectivity index (χ1) is 17.1. The van der Waals surface area contributed by atoms with Gasteiger partial charge in [-0.05, 0) is 35.6 Å². The van der Waals surface area contributed by atoms with Crippen LogP contribution in [-0.4, -0.2) is 27.9 Å². The van der Waals surface area contributed by atoms with Crippen molar-refractivity contribution >= 4 is 39.3 Å². The van der Waals surface area contributed by atoms with Gasteiger partial charge in [0.05, 0.1) is 5.69 Å². The van der Waals surface area contributed by atoms with Crippen molar-refractivity contribution in [3.05, 3.63) is 113 Å². The molecule has 3 heterocycles. The first-order valence-electron chi connectivity index (χ1n) is 11.9. The maximum Gasteiger partial charge on any atom is 0.332 e. The minimum absolute atomic E-state index is 0.167. The standard InChI is InChI=1S/C30H23N3O2/c1-18-8-6-11-20(16-18)28-27-23(22-13-4-5-14-24(22)31-27)17-26-29(34)33(30(35)32(26)28)25-15-7-10-19-9-2-3-12-21(19)25/h2-16,26,28,31H,17H2,1H3/t26-,28-/m0/s1. The number of aryl methyl sites for hydroxylation is 1. The van der Waals surface area contributed by atoms with Crippen LogP contribution in [0.25, 0.3) is 21.7 Å². The monoisotopic (exact) mass is 457 g/mol. The molecule has 0 unspecified atom stereocenters. The van der Waals surface area contributed by atoms with Gasteiger partial charge in [-0.25, -0.2) is 9.69 Å². The number of benzene rings is 4. The van der Waals surface area contributed by atoms with Crippen molar-refractivity contribution in [2.45, 2.75) is 25.4 Å². The Morgan fingerprint density at radius 1 is 0.829 bits per heavy atom. The molecule has 170 valence electrons. The second kappa shape index (κ2) is 7.31. The lowest BCUT2D eigenvalue weighted by Crippen LogP contribution is -2.44. The van der Waals surface area contributed by atoms with E-state index >= 15 is 0 Å². The molecular weight excluding hydrogens is 434 g/mol. The molecule has 0 aliphatic carbocycles. The van der Waals surface area contributed by atoms with Crippen LogP contribution in [-0.2, 0) is 11.2 Å². The Bertz CT molecular complexity index is 1660. The average Bonchev–Trinajstić information content (AvgIpc) is 3.37. The summed E-state index contributed by atoms with van der Waals surface area (Å²) in [6.45, 7) is 2.05. The smallest absolute Gasteiger partial charge is 0.332 e. The molecule has 2 aliphatic rings. The number of carbonyl (C=O) groups is 2. The number of anilines is 1. The van der Waals surface area contributed by atoms with Crippen LogP contribution in [0.1, 0.15) is 28.4 Å². The predicted octanol–water partition coefficient (Wildman–Crippen LogP) is 6.11. The van der Waals surface area contributed by atoms with Crippen molar-refractivity contribution in [1.82, 2.24) is 9.88 Å². The van der Waals surface area contributed by atoms with Crippen LogP contribution in [0.3, 0.4) is 0 Å². The molecule has 5 heteroatoms. The minimum Gasteiger partial charge on any atom is -0.356 e. The van der Waals surface area contributed by atoms with Crippen LogP contribution >= 0.6 is 0 Å². The van der Waals surface area contributed by atoms with Gasteiger partial charge in [0, 0.05) is 28.4 Å². The van der Waals surface area contributed by atoms with Gasteiger partial charge in [-0.2, -0.15) is 0 Å². The van der Waals surface area contributed by atoms with E-state index in [0.29, 0.717) is 12.1 Å². The van der Waals surface area contributed by atoms with E-state index < -0.39 is 6.04 Å². The fourth-order valence-electron chi connectivity index (χ4n) is 5.89. The lowest BCUT2D eigenvalue weighted by Gasteiger charge is -2.36. The molecule has 1 saturated heterocycles. The van der Waals surface area contributed by atoms with E-state index in [1.807, 2.05) is 66.7 Å². The first kappa shape index (κ1) is 20.0. The summed E-state index contributed by atoms with van der Waals surface area (Å²) in [4.78, 5) is 34.8. The maximum atomic E-state index is 14.1. The van der Waals surface area contributed by atoms with Gasteiger partial charge in [0.1, 0.15) is 12.1 Å². The summed E-state index contributed by atoms with van der Waals surface area (Å²) < 4.78 is 0. The number of para-hydroxylation sites is 1. The lowest BCUT2D eigenvalue weighted by atomic mass is 9.88. The summed E-state index contributed by atoms with van der Waals surface area (Å²) in [5, 5.41) is 3.01. The number of amides is 3. The van der Waals surface area contributed by atoms with E-state index in [-0.39, 0.29) is 18.0 Å².